The molecule has 1 aliphatic rings. The van der Waals surface area contributed by atoms with Gasteiger partial charge in [0.05, 0.1) is 19.1 Å². The molecule has 1 amide bonds. The summed E-state index contributed by atoms with van der Waals surface area (Å²) in [6.07, 6.45) is -0.373. The fourth-order valence-electron chi connectivity index (χ4n) is 1.50. The van der Waals surface area contributed by atoms with Gasteiger partial charge in [0.1, 0.15) is 0 Å². The highest BCUT2D eigenvalue weighted by Gasteiger charge is 2.27. The minimum Gasteiger partial charge on any atom is -0.391 e. The SMILES string of the molecule is O=C1CC(O)CN1Cc1csc(=O)[nH]1. The van der Waals surface area contributed by atoms with Crippen LogP contribution in [0.4, 0.5) is 0 Å². The largest absolute Gasteiger partial charge is 0.391 e. The van der Waals surface area contributed by atoms with Crippen LogP contribution in [0.5, 0.6) is 0 Å². The molecule has 0 saturated carbocycles. The first kappa shape index (κ1) is 9.42. The van der Waals surface area contributed by atoms with Gasteiger partial charge in [-0.05, 0) is 0 Å². The van der Waals surface area contributed by atoms with E-state index in [9.17, 15) is 14.7 Å². The number of β-amino-alcohol motifs (C(OH)–C–C–N with tert-alkyl or cyclic N) is 1. The second kappa shape index (κ2) is 3.55. The van der Waals surface area contributed by atoms with Crippen LogP contribution in [-0.4, -0.2) is 33.5 Å². The first-order chi connectivity index (χ1) is 6.65. The Morgan fingerprint density at radius 2 is 2.43 bits per heavy atom. The quantitative estimate of drug-likeness (QED) is 0.699. The number of thiazole rings is 1. The molecule has 5 nitrogen and oxygen atoms in total. The summed E-state index contributed by atoms with van der Waals surface area (Å²) in [4.78, 5) is 26.1. The maximum absolute atomic E-state index is 11.3. The second-order valence-electron chi connectivity index (χ2n) is 3.31. The lowest BCUT2D eigenvalue weighted by atomic mass is 10.3. The Bertz CT molecular complexity index is 397. The van der Waals surface area contributed by atoms with Crippen LogP contribution in [0, 0.1) is 0 Å². The minimum absolute atomic E-state index is 0.0652. The molecule has 0 bridgehead atoms. The maximum atomic E-state index is 11.3. The van der Waals surface area contributed by atoms with Crippen LogP contribution >= 0.6 is 11.3 Å². The van der Waals surface area contributed by atoms with E-state index in [-0.39, 0.29) is 17.2 Å². The van der Waals surface area contributed by atoms with Crippen molar-refractivity contribution in [3.8, 4) is 0 Å². The molecular formula is C8H10N2O3S. The van der Waals surface area contributed by atoms with Crippen molar-refractivity contribution in [1.29, 1.82) is 0 Å². The lowest BCUT2D eigenvalue weighted by Gasteiger charge is -2.13. The summed E-state index contributed by atoms with van der Waals surface area (Å²) in [6, 6.07) is 0. The van der Waals surface area contributed by atoms with Gasteiger partial charge in [-0.15, -0.1) is 0 Å². The number of hydrogen-bond donors (Lipinski definition) is 2. The fraction of sp³-hybridized carbons (Fsp3) is 0.500. The number of carbonyl (C=O) groups is 1. The number of carbonyl (C=O) groups excluding carboxylic acids is 1. The molecule has 14 heavy (non-hydrogen) atoms. The van der Waals surface area contributed by atoms with Crippen molar-refractivity contribution in [2.75, 3.05) is 6.54 Å². The number of H-pyrrole nitrogens is 1. The van der Waals surface area contributed by atoms with E-state index in [4.69, 9.17) is 0 Å². The monoisotopic (exact) mass is 214 g/mol. The standard InChI is InChI=1S/C8H10N2O3S/c11-6-1-7(12)10(3-6)2-5-4-14-8(13)9-5/h4,6,11H,1-3H2,(H,9,13). The molecule has 2 N–H and O–H groups in total. The molecule has 1 aromatic heterocycles. The van der Waals surface area contributed by atoms with Crippen molar-refractivity contribution in [2.45, 2.75) is 19.1 Å². The van der Waals surface area contributed by atoms with Gasteiger partial charge in [-0.3, -0.25) is 9.59 Å². The van der Waals surface area contributed by atoms with Crippen LogP contribution in [0.3, 0.4) is 0 Å². The number of nitrogens with zero attached hydrogens (tertiary/aromatic N) is 1. The molecule has 1 unspecified atom stereocenters. The average molecular weight is 214 g/mol. The Hall–Kier alpha value is -1.14. The summed E-state index contributed by atoms with van der Waals surface area (Å²) >= 11 is 1.08. The number of rotatable bonds is 2. The number of hydrogen-bond acceptors (Lipinski definition) is 4. The fourth-order valence-corrected chi connectivity index (χ4v) is 2.07. The zero-order valence-electron chi connectivity index (χ0n) is 7.40. The zero-order chi connectivity index (χ0) is 10.1. The normalized spacial score (nSPS) is 21.9. The van der Waals surface area contributed by atoms with E-state index in [0.29, 0.717) is 13.1 Å². The molecule has 0 radical (unpaired) electrons. The zero-order valence-corrected chi connectivity index (χ0v) is 8.21. The number of aliphatic hydroxyl groups excluding tert-OH is 1. The van der Waals surface area contributed by atoms with Crippen LogP contribution in [0.15, 0.2) is 10.2 Å². The van der Waals surface area contributed by atoms with Gasteiger partial charge in [-0.2, -0.15) is 0 Å². The minimum atomic E-state index is -0.562. The molecule has 2 heterocycles. The highest BCUT2D eigenvalue weighted by atomic mass is 32.1. The van der Waals surface area contributed by atoms with Gasteiger partial charge >= 0.3 is 4.87 Å². The number of aliphatic hydroxyl groups is 1. The smallest absolute Gasteiger partial charge is 0.304 e. The number of aromatic amines is 1. The Morgan fingerprint density at radius 1 is 1.64 bits per heavy atom. The summed E-state index contributed by atoms with van der Waals surface area (Å²) in [6.45, 7) is 0.741. The molecule has 1 saturated heterocycles. The van der Waals surface area contributed by atoms with Gasteiger partial charge in [-0.25, -0.2) is 0 Å². The molecule has 1 atom stereocenters. The molecule has 6 heteroatoms. The summed E-state index contributed by atoms with van der Waals surface area (Å²) < 4.78 is 0. The van der Waals surface area contributed by atoms with E-state index in [0.717, 1.165) is 17.0 Å². The summed E-state index contributed by atoms with van der Waals surface area (Å²) in [5.74, 6) is -0.0652. The average Bonchev–Trinajstić information content (AvgIpc) is 2.61. The van der Waals surface area contributed by atoms with Crippen molar-refractivity contribution >= 4 is 17.2 Å². The highest BCUT2D eigenvalue weighted by Crippen LogP contribution is 2.13. The Labute approximate surface area is 84.0 Å². The Morgan fingerprint density at radius 3 is 2.93 bits per heavy atom. The Balaban J connectivity index is 2.05. The van der Waals surface area contributed by atoms with Crippen LogP contribution in [0.1, 0.15) is 12.1 Å². The van der Waals surface area contributed by atoms with E-state index < -0.39 is 6.10 Å². The molecule has 0 spiro atoms. The number of aromatic nitrogens is 1. The molecule has 2 rings (SSSR count). The van der Waals surface area contributed by atoms with Crippen molar-refractivity contribution in [3.63, 3.8) is 0 Å². The van der Waals surface area contributed by atoms with Crippen LogP contribution in [-0.2, 0) is 11.3 Å². The predicted molar refractivity (Wildman–Crippen MR) is 51.0 cm³/mol. The first-order valence-electron chi connectivity index (χ1n) is 4.27. The van der Waals surface area contributed by atoms with E-state index in [1.807, 2.05) is 0 Å². The second-order valence-corrected chi connectivity index (χ2v) is 4.15. The summed E-state index contributed by atoms with van der Waals surface area (Å²) in [7, 11) is 0. The number of amides is 1. The van der Waals surface area contributed by atoms with E-state index >= 15 is 0 Å². The van der Waals surface area contributed by atoms with Gasteiger partial charge in [0.15, 0.2) is 0 Å². The van der Waals surface area contributed by atoms with Crippen LogP contribution in [0.2, 0.25) is 0 Å². The summed E-state index contributed by atoms with van der Waals surface area (Å²) in [5, 5.41) is 10.9. The molecule has 1 fully saturated rings. The number of nitrogens with one attached hydrogen (secondary N) is 1. The van der Waals surface area contributed by atoms with Crippen molar-refractivity contribution in [2.24, 2.45) is 0 Å². The molecular weight excluding hydrogens is 204 g/mol. The van der Waals surface area contributed by atoms with E-state index in [1.54, 1.807) is 10.3 Å². The topological polar surface area (TPSA) is 73.4 Å². The molecule has 1 aliphatic heterocycles. The first-order valence-corrected chi connectivity index (χ1v) is 5.15. The van der Waals surface area contributed by atoms with Gasteiger partial charge in [0.25, 0.3) is 0 Å². The molecule has 0 aromatic carbocycles. The van der Waals surface area contributed by atoms with Crippen molar-refractivity contribution < 1.29 is 9.90 Å². The van der Waals surface area contributed by atoms with Crippen molar-refractivity contribution in [3.05, 3.63) is 20.7 Å². The molecule has 1 aromatic rings. The third-order valence-corrected chi connectivity index (χ3v) is 2.84. The van der Waals surface area contributed by atoms with Gasteiger partial charge in [0.2, 0.25) is 5.91 Å². The van der Waals surface area contributed by atoms with Crippen LogP contribution < -0.4 is 4.87 Å². The van der Waals surface area contributed by atoms with Gasteiger partial charge in [0, 0.05) is 17.6 Å². The maximum Gasteiger partial charge on any atom is 0.304 e. The predicted octanol–water partition coefficient (Wildman–Crippen LogP) is -0.470. The highest BCUT2D eigenvalue weighted by molar-refractivity contribution is 7.07. The van der Waals surface area contributed by atoms with Gasteiger partial charge in [-0.1, -0.05) is 11.3 Å². The summed E-state index contributed by atoms with van der Waals surface area (Å²) in [5.41, 5.74) is 0.724. The van der Waals surface area contributed by atoms with Crippen molar-refractivity contribution in [1.82, 2.24) is 9.88 Å². The number of likely N-dealkylation sites (tertiary alicyclic amines) is 1. The molecule has 76 valence electrons. The lowest BCUT2D eigenvalue weighted by Crippen LogP contribution is -2.25. The third-order valence-electron chi connectivity index (χ3n) is 2.13. The lowest BCUT2D eigenvalue weighted by molar-refractivity contribution is -0.128. The van der Waals surface area contributed by atoms with E-state index in [1.165, 1.54) is 0 Å². The van der Waals surface area contributed by atoms with Crippen LogP contribution in [0.25, 0.3) is 0 Å². The van der Waals surface area contributed by atoms with E-state index in [2.05, 4.69) is 4.98 Å². The molecule has 0 aliphatic carbocycles. The Kier molecular flexibility index (Phi) is 2.39. The van der Waals surface area contributed by atoms with Gasteiger partial charge < -0.3 is 15.0 Å². The third kappa shape index (κ3) is 1.85.